The van der Waals surface area contributed by atoms with Crippen molar-refractivity contribution < 1.29 is 5.11 Å². The molecule has 0 spiro atoms. The van der Waals surface area contributed by atoms with Gasteiger partial charge in [0.05, 0.1) is 10.4 Å². The lowest BCUT2D eigenvalue weighted by molar-refractivity contribution is 0.254. The average molecular weight is 262 g/mol. The maximum Gasteiger partial charge on any atom is 0.0701 e. The van der Waals surface area contributed by atoms with E-state index in [9.17, 15) is 0 Å². The summed E-state index contributed by atoms with van der Waals surface area (Å²) in [7, 11) is 0. The second kappa shape index (κ2) is 4.09. The van der Waals surface area contributed by atoms with Crippen LogP contribution in [0.2, 0.25) is 0 Å². The monoisotopic (exact) mass is 261 g/mol. The fraction of sp³-hybridized carbons (Fsp3) is 0.556. The highest BCUT2D eigenvalue weighted by Gasteiger charge is 2.25. The van der Waals surface area contributed by atoms with Crippen molar-refractivity contribution in [1.82, 2.24) is 5.32 Å². The number of aliphatic hydroxyl groups is 1. The van der Waals surface area contributed by atoms with E-state index in [4.69, 9.17) is 5.11 Å². The normalized spacial score (nSPS) is 28.2. The van der Waals surface area contributed by atoms with Gasteiger partial charge in [-0.25, -0.2) is 0 Å². The molecule has 0 aromatic carbocycles. The van der Waals surface area contributed by atoms with E-state index in [2.05, 4.69) is 33.4 Å². The van der Waals surface area contributed by atoms with Gasteiger partial charge in [-0.15, -0.1) is 11.3 Å². The zero-order valence-corrected chi connectivity index (χ0v) is 9.57. The first-order valence-corrected chi connectivity index (χ1v) is 6.00. The standard InChI is InChI=1S/C9H12BrNOS/c10-9-2-1-8(13-9)6-3-7(5-12)11-4-6/h1-2,6-7,11-12H,3-5H2. The Morgan fingerprint density at radius 2 is 2.46 bits per heavy atom. The van der Waals surface area contributed by atoms with Gasteiger partial charge in [0.15, 0.2) is 0 Å². The van der Waals surface area contributed by atoms with Gasteiger partial charge in [0, 0.05) is 23.4 Å². The Morgan fingerprint density at radius 1 is 1.62 bits per heavy atom. The Morgan fingerprint density at radius 3 is 3.00 bits per heavy atom. The van der Waals surface area contributed by atoms with Crippen molar-refractivity contribution in [2.24, 2.45) is 0 Å². The largest absolute Gasteiger partial charge is 0.395 e. The van der Waals surface area contributed by atoms with E-state index in [-0.39, 0.29) is 6.61 Å². The van der Waals surface area contributed by atoms with Crippen LogP contribution >= 0.6 is 27.3 Å². The molecule has 0 amide bonds. The summed E-state index contributed by atoms with van der Waals surface area (Å²) in [4.78, 5) is 1.41. The Kier molecular flexibility index (Phi) is 3.03. The minimum Gasteiger partial charge on any atom is -0.395 e. The van der Waals surface area contributed by atoms with E-state index >= 15 is 0 Å². The summed E-state index contributed by atoms with van der Waals surface area (Å²) in [6, 6.07) is 4.55. The summed E-state index contributed by atoms with van der Waals surface area (Å²) in [5, 5.41) is 12.3. The first-order chi connectivity index (χ1) is 6.29. The Bertz CT molecular complexity index is 289. The first-order valence-electron chi connectivity index (χ1n) is 4.39. The molecule has 1 aromatic rings. The molecular weight excluding hydrogens is 250 g/mol. The maximum absolute atomic E-state index is 8.97. The minimum atomic E-state index is 0.253. The SMILES string of the molecule is OCC1CC(c2ccc(Br)s2)CN1. The van der Waals surface area contributed by atoms with Gasteiger partial charge in [-0.1, -0.05) is 0 Å². The van der Waals surface area contributed by atoms with Crippen molar-refractivity contribution in [1.29, 1.82) is 0 Å². The fourth-order valence-electron chi connectivity index (χ4n) is 1.72. The molecule has 0 saturated carbocycles. The van der Waals surface area contributed by atoms with E-state index < -0.39 is 0 Å². The van der Waals surface area contributed by atoms with Crippen LogP contribution in [0.5, 0.6) is 0 Å². The number of halogens is 1. The van der Waals surface area contributed by atoms with Crippen LogP contribution in [-0.4, -0.2) is 24.3 Å². The van der Waals surface area contributed by atoms with Gasteiger partial charge in [-0.3, -0.25) is 0 Å². The van der Waals surface area contributed by atoms with E-state index in [1.165, 1.54) is 8.66 Å². The molecule has 13 heavy (non-hydrogen) atoms. The second-order valence-corrected chi connectivity index (χ2v) is 5.86. The molecule has 1 fully saturated rings. The second-order valence-electron chi connectivity index (χ2n) is 3.36. The third-order valence-corrected chi connectivity index (χ3v) is 4.22. The van der Waals surface area contributed by atoms with Crippen molar-refractivity contribution in [3.63, 3.8) is 0 Å². The average Bonchev–Trinajstić information content (AvgIpc) is 2.71. The summed E-state index contributed by atoms with van der Waals surface area (Å²) in [6.45, 7) is 1.25. The predicted octanol–water partition coefficient (Wildman–Crippen LogP) is 1.95. The topological polar surface area (TPSA) is 32.3 Å². The Hall–Kier alpha value is 0.1000. The first kappa shape index (κ1) is 9.65. The molecule has 2 N–H and O–H groups in total. The third kappa shape index (κ3) is 2.13. The van der Waals surface area contributed by atoms with E-state index in [1.54, 1.807) is 11.3 Å². The fourth-order valence-corrected chi connectivity index (χ4v) is 3.26. The van der Waals surface area contributed by atoms with Gasteiger partial charge in [-0.2, -0.15) is 0 Å². The Balaban J connectivity index is 2.03. The maximum atomic E-state index is 8.97. The highest BCUT2D eigenvalue weighted by molar-refractivity contribution is 9.11. The van der Waals surface area contributed by atoms with Gasteiger partial charge >= 0.3 is 0 Å². The molecule has 0 aliphatic carbocycles. The smallest absolute Gasteiger partial charge is 0.0701 e. The van der Waals surface area contributed by atoms with Gasteiger partial charge in [0.2, 0.25) is 0 Å². The molecule has 1 aromatic heterocycles. The highest BCUT2D eigenvalue weighted by atomic mass is 79.9. The lowest BCUT2D eigenvalue weighted by atomic mass is 10.0. The number of hydrogen-bond donors (Lipinski definition) is 2. The number of aliphatic hydroxyl groups excluding tert-OH is 1. The van der Waals surface area contributed by atoms with Gasteiger partial charge in [0.1, 0.15) is 0 Å². The molecule has 2 nitrogen and oxygen atoms in total. The number of hydrogen-bond acceptors (Lipinski definition) is 3. The van der Waals surface area contributed by atoms with Crippen molar-refractivity contribution in [2.45, 2.75) is 18.4 Å². The third-order valence-electron chi connectivity index (χ3n) is 2.44. The molecule has 1 aliphatic rings. The molecule has 0 bridgehead atoms. The van der Waals surface area contributed by atoms with Crippen LogP contribution in [0, 0.1) is 0 Å². The van der Waals surface area contributed by atoms with Crippen molar-refractivity contribution >= 4 is 27.3 Å². The summed E-state index contributed by atoms with van der Waals surface area (Å²) in [5.41, 5.74) is 0. The minimum absolute atomic E-state index is 0.253. The van der Waals surface area contributed by atoms with Gasteiger partial charge in [0.25, 0.3) is 0 Å². The predicted molar refractivity (Wildman–Crippen MR) is 58.3 cm³/mol. The Labute approximate surface area is 90.1 Å². The van der Waals surface area contributed by atoms with Crippen LogP contribution in [0.3, 0.4) is 0 Å². The van der Waals surface area contributed by atoms with Gasteiger partial charge in [-0.05, 0) is 34.5 Å². The highest BCUT2D eigenvalue weighted by Crippen LogP contribution is 2.33. The summed E-state index contributed by atoms with van der Waals surface area (Å²) in [5.74, 6) is 0.591. The zero-order valence-electron chi connectivity index (χ0n) is 7.16. The molecule has 4 heteroatoms. The van der Waals surface area contributed by atoms with Crippen LogP contribution in [0.1, 0.15) is 17.2 Å². The van der Waals surface area contributed by atoms with Crippen LogP contribution < -0.4 is 5.32 Å². The number of rotatable bonds is 2. The quantitative estimate of drug-likeness (QED) is 0.853. The van der Waals surface area contributed by atoms with Crippen LogP contribution in [0.15, 0.2) is 15.9 Å². The summed E-state index contributed by atoms with van der Waals surface area (Å²) < 4.78 is 1.19. The molecular formula is C9H12BrNOS. The molecule has 2 heterocycles. The van der Waals surface area contributed by atoms with Crippen molar-refractivity contribution in [3.8, 4) is 0 Å². The summed E-state index contributed by atoms with van der Waals surface area (Å²) in [6.07, 6.45) is 1.06. The molecule has 2 atom stereocenters. The molecule has 0 radical (unpaired) electrons. The summed E-state index contributed by atoms with van der Waals surface area (Å²) >= 11 is 5.25. The van der Waals surface area contributed by atoms with Crippen molar-refractivity contribution in [2.75, 3.05) is 13.2 Å². The van der Waals surface area contributed by atoms with Crippen LogP contribution in [0.25, 0.3) is 0 Å². The number of thiophene rings is 1. The van der Waals surface area contributed by atoms with Crippen molar-refractivity contribution in [3.05, 3.63) is 20.8 Å². The molecule has 72 valence electrons. The molecule has 2 unspecified atom stereocenters. The number of nitrogens with one attached hydrogen (secondary N) is 1. The molecule has 2 rings (SSSR count). The van der Waals surface area contributed by atoms with E-state index in [1.807, 2.05) is 0 Å². The molecule has 1 aliphatic heterocycles. The van der Waals surface area contributed by atoms with Crippen LogP contribution in [0.4, 0.5) is 0 Å². The van der Waals surface area contributed by atoms with E-state index in [0.29, 0.717) is 12.0 Å². The lowest BCUT2D eigenvalue weighted by Gasteiger charge is -2.05. The van der Waals surface area contributed by atoms with Gasteiger partial charge < -0.3 is 10.4 Å². The van der Waals surface area contributed by atoms with Crippen LogP contribution in [-0.2, 0) is 0 Å². The lowest BCUT2D eigenvalue weighted by Crippen LogP contribution is -2.24. The van der Waals surface area contributed by atoms with E-state index in [0.717, 1.165) is 13.0 Å². The molecule has 1 saturated heterocycles. The zero-order chi connectivity index (χ0) is 9.26.